The molecule has 2 aromatic rings. The average Bonchev–Trinajstić information content (AvgIpc) is 2.56. The lowest BCUT2D eigenvalue weighted by atomic mass is 10.1. The van der Waals surface area contributed by atoms with E-state index >= 15 is 0 Å². The third kappa shape index (κ3) is 1.85. The standard InChI is InChI=1S/C15H18N2O/c18-11-3-10-17-14-5-2-1-4-12(14)13-6-8-16-9-7-15(13)17/h1-2,4-5,11,16H,3,6-10H2. The van der Waals surface area contributed by atoms with E-state index in [1.807, 2.05) is 0 Å². The molecule has 1 aliphatic heterocycles. The van der Waals surface area contributed by atoms with Crippen molar-refractivity contribution in [2.75, 3.05) is 13.1 Å². The van der Waals surface area contributed by atoms with Crippen LogP contribution in [0.4, 0.5) is 0 Å². The van der Waals surface area contributed by atoms with Crippen LogP contribution >= 0.6 is 0 Å². The van der Waals surface area contributed by atoms with Gasteiger partial charge in [-0.15, -0.1) is 0 Å². The maximum atomic E-state index is 10.6. The highest BCUT2D eigenvalue weighted by Gasteiger charge is 2.17. The van der Waals surface area contributed by atoms with Crippen molar-refractivity contribution < 1.29 is 4.79 Å². The topological polar surface area (TPSA) is 34.0 Å². The molecule has 2 heterocycles. The van der Waals surface area contributed by atoms with Gasteiger partial charge in [0, 0.05) is 42.5 Å². The summed E-state index contributed by atoms with van der Waals surface area (Å²) in [5, 5.41) is 4.81. The number of aryl methyl sites for hydroxylation is 1. The maximum Gasteiger partial charge on any atom is 0.121 e. The molecule has 18 heavy (non-hydrogen) atoms. The fourth-order valence-corrected chi connectivity index (χ4v) is 2.98. The first-order valence-electron chi connectivity index (χ1n) is 6.65. The number of hydrogen-bond acceptors (Lipinski definition) is 2. The summed E-state index contributed by atoms with van der Waals surface area (Å²) in [5.74, 6) is 0. The third-order valence-corrected chi connectivity index (χ3v) is 3.76. The molecular weight excluding hydrogens is 224 g/mol. The van der Waals surface area contributed by atoms with Gasteiger partial charge in [0.2, 0.25) is 0 Å². The number of aromatic nitrogens is 1. The van der Waals surface area contributed by atoms with E-state index in [-0.39, 0.29) is 0 Å². The molecule has 1 N–H and O–H groups in total. The molecule has 0 saturated heterocycles. The van der Waals surface area contributed by atoms with Gasteiger partial charge in [0.05, 0.1) is 0 Å². The maximum absolute atomic E-state index is 10.6. The number of aldehydes is 1. The SMILES string of the molecule is O=CCCn1c2c(c3ccccc31)CCNCC2. The van der Waals surface area contributed by atoms with Crippen LogP contribution in [0.5, 0.6) is 0 Å². The fraction of sp³-hybridized carbons (Fsp3) is 0.400. The van der Waals surface area contributed by atoms with Crippen LogP contribution in [0.1, 0.15) is 17.7 Å². The molecule has 0 radical (unpaired) electrons. The van der Waals surface area contributed by atoms with Gasteiger partial charge in [-0.2, -0.15) is 0 Å². The van der Waals surface area contributed by atoms with E-state index in [1.165, 1.54) is 22.2 Å². The van der Waals surface area contributed by atoms with Crippen LogP contribution in [0, 0.1) is 0 Å². The van der Waals surface area contributed by atoms with Gasteiger partial charge in [-0.25, -0.2) is 0 Å². The number of fused-ring (bicyclic) bond motifs is 3. The predicted octanol–water partition coefficient (Wildman–Crippen LogP) is 1.92. The van der Waals surface area contributed by atoms with Crippen LogP contribution in [-0.2, 0) is 24.2 Å². The highest BCUT2D eigenvalue weighted by atomic mass is 16.1. The largest absolute Gasteiger partial charge is 0.344 e. The second-order valence-electron chi connectivity index (χ2n) is 4.80. The highest BCUT2D eigenvalue weighted by Crippen LogP contribution is 2.28. The molecule has 0 saturated carbocycles. The van der Waals surface area contributed by atoms with Crippen molar-refractivity contribution in [3.8, 4) is 0 Å². The summed E-state index contributed by atoms with van der Waals surface area (Å²) in [7, 11) is 0. The lowest BCUT2D eigenvalue weighted by Gasteiger charge is -2.08. The van der Waals surface area contributed by atoms with Crippen LogP contribution in [-0.4, -0.2) is 23.9 Å². The first-order chi connectivity index (χ1) is 8.92. The minimum Gasteiger partial charge on any atom is -0.344 e. The Bertz CT molecular complexity index is 571. The van der Waals surface area contributed by atoms with E-state index in [0.717, 1.165) is 38.8 Å². The molecule has 1 aliphatic rings. The van der Waals surface area contributed by atoms with Crippen molar-refractivity contribution in [1.82, 2.24) is 9.88 Å². The molecule has 1 aromatic carbocycles. The molecule has 0 bridgehead atoms. The molecule has 3 nitrogen and oxygen atoms in total. The monoisotopic (exact) mass is 242 g/mol. The van der Waals surface area contributed by atoms with E-state index in [9.17, 15) is 4.79 Å². The summed E-state index contributed by atoms with van der Waals surface area (Å²) in [5.41, 5.74) is 4.18. The highest BCUT2D eigenvalue weighted by molar-refractivity contribution is 5.85. The summed E-state index contributed by atoms with van der Waals surface area (Å²) in [6.07, 6.45) is 3.75. The average molecular weight is 242 g/mol. The lowest BCUT2D eigenvalue weighted by Crippen LogP contribution is -2.17. The second-order valence-corrected chi connectivity index (χ2v) is 4.80. The molecule has 94 valence electrons. The van der Waals surface area contributed by atoms with Crippen LogP contribution < -0.4 is 5.32 Å². The Labute approximate surface area is 107 Å². The number of nitrogens with zero attached hydrogens (tertiary/aromatic N) is 1. The minimum atomic E-state index is 0.596. The third-order valence-electron chi connectivity index (χ3n) is 3.76. The zero-order chi connectivity index (χ0) is 12.4. The fourth-order valence-electron chi connectivity index (χ4n) is 2.98. The zero-order valence-electron chi connectivity index (χ0n) is 10.5. The van der Waals surface area contributed by atoms with Crippen molar-refractivity contribution in [3.05, 3.63) is 35.5 Å². The predicted molar refractivity (Wildman–Crippen MR) is 72.9 cm³/mol. The summed E-state index contributed by atoms with van der Waals surface area (Å²) in [6.45, 7) is 2.89. The van der Waals surface area contributed by atoms with Gasteiger partial charge < -0.3 is 14.7 Å². The Morgan fingerprint density at radius 1 is 1.22 bits per heavy atom. The minimum absolute atomic E-state index is 0.596. The summed E-state index contributed by atoms with van der Waals surface area (Å²) in [6, 6.07) is 8.56. The smallest absolute Gasteiger partial charge is 0.121 e. The normalized spacial score (nSPS) is 15.3. The number of hydrogen-bond donors (Lipinski definition) is 1. The van der Waals surface area contributed by atoms with E-state index in [0.29, 0.717) is 6.42 Å². The van der Waals surface area contributed by atoms with E-state index in [4.69, 9.17) is 0 Å². The Balaban J connectivity index is 2.18. The summed E-state index contributed by atoms with van der Waals surface area (Å²) >= 11 is 0. The van der Waals surface area contributed by atoms with Gasteiger partial charge >= 0.3 is 0 Å². The molecule has 3 heteroatoms. The summed E-state index contributed by atoms with van der Waals surface area (Å²) in [4.78, 5) is 10.6. The van der Waals surface area contributed by atoms with Gasteiger partial charge in [0.1, 0.15) is 6.29 Å². The van der Waals surface area contributed by atoms with Crippen molar-refractivity contribution in [2.24, 2.45) is 0 Å². The Kier molecular flexibility index (Phi) is 3.15. The molecular formula is C15H18N2O. The van der Waals surface area contributed by atoms with E-state index < -0.39 is 0 Å². The van der Waals surface area contributed by atoms with E-state index in [1.54, 1.807) is 0 Å². The molecule has 0 fully saturated rings. The first kappa shape index (κ1) is 11.5. The lowest BCUT2D eigenvalue weighted by molar-refractivity contribution is -0.108. The van der Waals surface area contributed by atoms with Gasteiger partial charge in [-0.05, 0) is 24.6 Å². The van der Waals surface area contributed by atoms with Gasteiger partial charge in [-0.1, -0.05) is 18.2 Å². The van der Waals surface area contributed by atoms with Crippen molar-refractivity contribution in [1.29, 1.82) is 0 Å². The van der Waals surface area contributed by atoms with Crippen molar-refractivity contribution in [3.63, 3.8) is 0 Å². The molecule has 0 spiro atoms. The molecule has 0 aliphatic carbocycles. The number of nitrogens with one attached hydrogen (secondary N) is 1. The van der Waals surface area contributed by atoms with Crippen molar-refractivity contribution in [2.45, 2.75) is 25.8 Å². The Hall–Kier alpha value is -1.61. The Morgan fingerprint density at radius 3 is 2.94 bits per heavy atom. The van der Waals surface area contributed by atoms with Gasteiger partial charge in [0.25, 0.3) is 0 Å². The molecule has 0 unspecified atom stereocenters. The quantitative estimate of drug-likeness (QED) is 0.834. The number of carbonyl (C=O) groups excluding carboxylic acids is 1. The van der Waals surface area contributed by atoms with Crippen LogP contribution in [0.15, 0.2) is 24.3 Å². The summed E-state index contributed by atoms with van der Waals surface area (Å²) < 4.78 is 2.34. The molecule has 0 amide bonds. The van der Waals surface area contributed by atoms with Crippen LogP contribution in [0.2, 0.25) is 0 Å². The van der Waals surface area contributed by atoms with Crippen LogP contribution in [0.3, 0.4) is 0 Å². The number of benzene rings is 1. The van der Waals surface area contributed by atoms with Gasteiger partial charge in [-0.3, -0.25) is 0 Å². The van der Waals surface area contributed by atoms with Gasteiger partial charge in [0.15, 0.2) is 0 Å². The zero-order valence-corrected chi connectivity index (χ0v) is 10.5. The van der Waals surface area contributed by atoms with Crippen LogP contribution in [0.25, 0.3) is 10.9 Å². The first-order valence-corrected chi connectivity index (χ1v) is 6.65. The second kappa shape index (κ2) is 4.94. The molecule has 3 rings (SSSR count). The van der Waals surface area contributed by atoms with E-state index in [2.05, 4.69) is 34.1 Å². The number of rotatable bonds is 3. The Morgan fingerprint density at radius 2 is 2.06 bits per heavy atom. The number of para-hydroxylation sites is 1. The number of carbonyl (C=O) groups is 1. The molecule has 1 aromatic heterocycles. The van der Waals surface area contributed by atoms with Crippen molar-refractivity contribution >= 4 is 17.2 Å². The molecule has 0 atom stereocenters.